The first kappa shape index (κ1) is 22.8. The Morgan fingerprint density at radius 1 is 1.21 bits per heavy atom. The van der Waals surface area contributed by atoms with Crippen molar-refractivity contribution in [2.75, 3.05) is 6.26 Å². The van der Waals surface area contributed by atoms with Crippen LogP contribution in [0.25, 0.3) is 5.95 Å². The molecule has 0 aliphatic carbocycles. The van der Waals surface area contributed by atoms with Gasteiger partial charge in [0.25, 0.3) is 11.9 Å². The van der Waals surface area contributed by atoms with Crippen molar-refractivity contribution in [2.24, 2.45) is 0 Å². The number of benzene rings is 1. The lowest BCUT2D eigenvalue weighted by Crippen LogP contribution is -2.29. The zero-order valence-electron chi connectivity index (χ0n) is 15.8. The molecule has 1 atom stereocenters. The third-order valence-corrected chi connectivity index (χ3v) is 5.09. The average Bonchev–Trinajstić information content (AvgIpc) is 3.03. The largest absolute Gasteiger partial charge is 0.342 e. The van der Waals surface area contributed by atoms with Gasteiger partial charge in [0.05, 0.1) is 10.9 Å². The Morgan fingerprint density at radius 2 is 1.86 bits per heavy atom. The van der Waals surface area contributed by atoms with E-state index in [1.807, 2.05) is 0 Å². The summed E-state index contributed by atoms with van der Waals surface area (Å²) in [5, 5.41) is 7.19. The van der Waals surface area contributed by atoms with Crippen LogP contribution >= 0.6 is 25.1 Å². The van der Waals surface area contributed by atoms with E-state index in [9.17, 15) is 13.2 Å². The number of aromatic nitrogens is 5. The molecule has 0 aliphatic rings. The molecule has 29 heavy (non-hydrogen) atoms. The maximum Gasteiger partial charge on any atom is 0.252 e. The highest BCUT2D eigenvalue weighted by Gasteiger charge is 2.21. The summed E-state index contributed by atoms with van der Waals surface area (Å²) in [5.41, 5.74) is 0.124. The molecule has 0 saturated carbocycles. The van der Waals surface area contributed by atoms with E-state index in [1.165, 1.54) is 22.9 Å². The normalized spacial score (nSPS) is 12.1. The van der Waals surface area contributed by atoms with Gasteiger partial charge in [-0.2, -0.15) is 18.2 Å². The van der Waals surface area contributed by atoms with E-state index in [4.69, 9.17) is 11.6 Å². The molecular formula is C17H19ClN6O3S2. The number of rotatable bonds is 5. The highest BCUT2D eigenvalue weighted by molar-refractivity contribution is 7.90. The second-order valence-electron chi connectivity index (χ2n) is 6.12. The monoisotopic (exact) mass is 454 g/mol. The van der Waals surface area contributed by atoms with Crippen molar-refractivity contribution in [2.45, 2.75) is 24.8 Å². The second kappa shape index (κ2) is 8.89. The Balaban J connectivity index is 0.00000300. The van der Waals surface area contributed by atoms with Crippen LogP contribution in [0.3, 0.4) is 0 Å². The van der Waals surface area contributed by atoms with E-state index in [2.05, 4.69) is 25.4 Å². The fraction of sp³-hybridized carbons (Fsp3) is 0.235. The van der Waals surface area contributed by atoms with Gasteiger partial charge in [-0.15, -0.1) is 5.10 Å². The highest BCUT2D eigenvalue weighted by atomic mass is 35.5. The van der Waals surface area contributed by atoms with Gasteiger partial charge >= 0.3 is 0 Å². The first-order valence-corrected chi connectivity index (χ1v) is 10.4. The SMILES string of the molecule is Cc1nc([C@@H](C)NC(=O)c2cc(Cl)cc(S(C)(=O)=O)c2)n(-c2ncccn2)n1.S. The molecule has 1 amide bonds. The summed E-state index contributed by atoms with van der Waals surface area (Å²) in [4.78, 5) is 25.3. The summed E-state index contributed by atoms with van der Waals surface area (Å²) in [7, 11) is -3.51. The predicted molar refractivity (Wildman–Crippen MR) is 113 cm³/mol. The molecule has 0 aliphatic heterocycles. The Morgan fingerprint density at radius 3 is 2.48 bits per heavy atom. The third-order valence-electron chi connectivity index (χ3n) is 3.78. The van der Waals surface area contributed by atoms with Crippen LogP contribution in [0.15, 0.2) is 41.6 Å². The second-order valence-corrected chi connectivity index (χ2v) is 8.57. The summed E-state index contributed by atoms with van der Waals surface area (Å²) in [6.45, 7) is 3.44. The van der Waals surface area contributed by atoms with Gasteiger partial charge in [0.15, 0.2) is 15.7 Å². The number of sulfone groups is 1. The molecule has 1 N–H and O–H groups in total. The fourth-order valence-electron chi connectivity index (χ4n) is 2.51. The van der Waals surface area contributed by atoms with E-state index in [-0.39, 0.29) is 29.0 Å². The lowest BCUT2D eigenvalue weighted by molar-refractivity contribution is 0.0937. The van der Waals surface area contributed by atoms with E-state index in [0.717, 1.165) is 6.26 Å². The van der Waals surface area contributed by atoms with Gasteiger partial charge in [0, 0.05) is 29.2 Å². The van der Waals surface area contributed by atoms with Crippen molar-refractivity contribution in [3.63, 3.8) is 0 Å². The topological polar surface area (TPSA) is 120 Å². The molecule has 3 rings (SSSR count). The smallest absolute Gasteiger partial charge is 0.252 e. The molecular weight excluding hydrogens is 436 g/mol. The van der Waals surface area contributed by atoms with E-state index in [0.29, 0.717) is 17.6 Å². The van der Waals surface area contributed by atoms with Gasteiger partial charge in [0.1, 0.15) is 5.82 Å². The van der Waals surface area contributed by atoms with Crippen LogP contribution in [-0.4, -0.2) is 45.3 Å². The standard InChI is InChI=1S/C17H17ClN6O3S.H2S/c1-10(15-22-11(2)23-24(15)17-19-5-4-6-20-17)21-16(25)12-7-13(18)9-14(8-12)28(3,26)27;/h4-10H,1-3H3,(H,21,25);1H2/t10-;/m1./s1. The summed E-state index contributed by atoms with van der Waals surface area (Å²) in [5.74, 6) is 0.746. The van der Waals surface area contributed by atoms with Crippen molar-refractivity contribution in [3.05, 3.63) is 58.9 Å². The summed E-state index contributed by atoms with van der Waals surface area (Å²) in [6.07, 6.45) is 4.20. The highest BCUT2D eigenvalue weighted by Crippen LogP contribution is 2.20. The van der Waals surface area contributed by atoms with Crippen molar-refractivity contribution in [1.29, 1.82) is 0 Å². The lowest BCUT2D eigenvalue weighted by atomic mass is 10.2. The van der Waals surface area contributed by atoms with Crippen LogP contribution in [0.1, 0.15) is 35.0 Å². The van der Waals surface area contributed by atoms with Crippen LogP contribution in [0, 0.1) is 6.92 Å². The summed E-state index contributed by atoms with van der Waals surface area (Å²) < 4.78 is 25.0. The van der Waals surface area contributed by atoms with Crippen LogP contribution < -0.4 is 5.32 Å². The van der Waals surface area contributed by atoms with E-state index < -0.39 is 21.8 Å². The van der Waals surface area contributed by atoms with Crippen LogP contribution in [-0.2, 0) is 9.84 Å². The van der Waals surface area contributed by atoms with Gasteiger partial charge in [0.2, 0.25) is 0 Å². The first-order chi connectivity index (χ1) is 13.1. The van der Waals surface area contributed by atoms with E-state index in [1.54, 1.807) is 32.3 Å². The van der Waals surface area contributed by atoms with Gasteiger partial charge in [-0.1, -0.05) is 11.6 Å². The molecule has 2 heterocycles. The van der Waals surface area contributed by atoms with Gasteiger partial charge in [-0.05, 0) is 38.1 Å². The number of halogens is 1. The molecule has 9 nitrogen and oxygen atoms in total. The third kappa shape index (κ3) is 5.31. The van der Waals surface area contributed by atoms with Crippen molar-refractivity contribution < 1.29 is 13.2 Å². The van der Waals surface area contributed by atoms with Crippen molar-refractivity contribution in [3.8, 4) is 5.95 Å². The number of nitrogens with one attached hydrogen (secondary N) is 1. The fourth-order valence-corrected chi connectivity index (χ4v) is 3.49. The number of carbonyl (C=O) groups is 1. The Kier molecular flexibility index (Phi) is 6.98. The van der Waals surface area contributed by atoms with E-state index >= 15 is 0 Å². The maximum atomic E-state index is 12.7. The number of hydrogen-bond donors (Lipinski definition) is 1. The van der Waals surface area contributed by atoms with Gasteiger partial charge in [-0.3, -0.25) is 4.79 Å². The number of aryl methyl sites for hydroxylation is 1. The molecule has 0 fully saturated rings. The van der Waals surface area contributed by atoms with Crippen molar-refractivity contribution >= 4 is 40.8 Å². The van der Waals surface area contributed by atoms with Crippen LogP contribution in [0.5, 0.6) is 0 Å². The predicted octanol–water partition coefficient (Wildman–Crippen LogP) is 2.03. The summed E-state index contributed by atoms with van der Waals surface area (Å²) in [6, 6.07) is 5.09. The molecule has 0 spiro atoms. The number of carbonyl (C=O) groups excluding carboxylic acids is 1. The zero-order valence-corrected chi connectivity index (χ0v) is 18.4. The Labute approximate surface area is 179 Å². The average molecular weight is 455 g/mol. The lowest BCUT2D eigenvalue weighted by Gasteiger charge is -2.14. The molecule has 2 aromatic heterocycles. The minimum absolute atomic E-state index is 0. The molecule has 1 aromatic carbocycles. The molecule has 12 heteroatoms. The number of amides is 1. The van der Waals surface area contributed by atoms with Crippen molar-refractivity contribution in [1.82, 2.24) is 30.0 Å². The summed E-state index contributed by atoms with van der Waals surface area (Å²) >= 11 is 5.97. The first-order valence-electron chi connectivity index (χ1n) is 8.17. The molecule has 0 radical (unpaired) electrons. The molecule has 154 valence electrons. The molecule has 0 unspecified atom stereocenters. The van der Waals surface area contributed by atoms with Crippen LogP contribution in [0.4, 0.5) is 0 Å². The Bertz CT molecular complexity index is 1140. The number of hydrogen-bond acceptors (Lipinski definition) is 7. The minimum atomic E-state index is -3.51. The quantitative estimate of drug-likeness (QED) is 0.626. The van der Waals surface area contributed by atoms with Crippen LogP contribution in [0.2, 0.25) is 5.02 Å². The molecule has 0 saturated heterocycles. The maximum absolute atomic E-state index is 12.7. The van der Waals surface area contributed by atoms with Gasteiger partial charge in [-0.25, -0.2) is 23.4 Å². The van der Waals surface area contributed by atoms with Gasteiger partial charge < -0.3 is 5.32 Å². The zero-order chi connectivity index (χ0) is 20.5. The molecule has 0 bridgehead atoms. The minimum Gasteiger partial charge on any atom is -0.342 e. The Hall–Kier alpha value is -2.50. The number of nitrogens with zero attached hydrogens (tertiary/aromatic N) is 5. The molecule has 3 aromatic rings.